The Morgan fingerprint density at radius 1 is 0.946 bits per heavy atom. The first kappa shape index (κ1) is 24.2. The van der Waals surface area contributed by atoms with Crippen molar-refractivity contribution in [1.29, 1.82) is 0 Å². The number of methoxy groups -OCH3 is 3. The number of nitrogens with one attached hydrogen (secondary N) is 2. The third kappa shape index (κ3) is 4.94. The zero-order valence-electron chi connectivity index (χ0n) is 20.4. The monoisotopic (exact) mass is 517 g/mol. The predicted octanol–water partition coefficient (Wildman–Crippen LogP) is 5.27. The number of allylic oxidation sites excluding steroid dienone is 1. The molecule has 9 nitrogen and oxygen atoms in total. The van der Waals surface area contributed by atoms with E-state index < -0.39 is 0 Å². The number of hydrogen-bond donors (Lipinski definition) is 2. The van der Waals surface area contributed by atoms with Gasteiger partial charge in [-0.25, -0.2) is 4.68 Å². The van der Waals surface area contributed by atoms with Gasteiger partial charge in [-0.1, -0.05) is 35.9 Å². The quantitative estimate of drug-likeness (QED) is 0.344. The Labute approximate surface area is 218 Å². The van der Waals surface area contributed by atoms with E-state index in [1.165, 1.54) is 14.2 Å². The molecule has 0 fully saturated rings. The maximum absolute atomic E-state index is 13.0. The van der Waals surface area contributed by atoms with E-state index in [-0.39, 0.29) is 17.9 Å². The molecule has 1 unspecified atom stereocenters. The molecule has 1 aromatic heterocycles. The molecule has 1 amide bonds. The molecule has 4 aromatic rings. The number of rotatable bonds is 7. The van der Waals surface area contributed by atoms with Crippen LogP contribution in [0.2, 0.25) is 5.02 Å². The van der Waals surface area contributed by atoms with E-state index in [0.717, 1.165) is 22.6 Å². The number of ether oxygens (including phenoxy) is 3. The molecule has 37 heavy (non-hydrogen) atoms. The second-order valence-electron chi connectivity index (χ2n) is 8.16. The number of carbonyl (C=O) groups is 1. The lowest BCUT2D eigenvalue weighted by molar-refractivity contribution is 0.102. The highest BCUT2D eigenvalue weighted by atomic mass is 35.5. The molecule has 0 saturated heterocycles. The van der Waals surface area contributed by atoms with Crippen LogP contribution in [0.5, 0.6) is 17.2 Å². The molecule has 0 saturated carbocycles. The molecule has 1 atom stereocenters. The van der Waals surface area contributed by atoms with E-state index in [9.17, 15) is 4.79 Å². The maximum Gasteiger partial charge on any atom is 0.258 e. The third-order valence-corrected chi connectivity index (χ3v) is 6.20. The summed E-state index contributed by atoms with van der Waals surface area (Å²) in [7, 11) is 4.68. The number of amides is 1. The molecule has 0 radical (unpaired) electrons. The van der Waals surface area contributed by atoms with Crippen molar-refractivity contribution in [2.24, 2.45) is 0 Å². The Morgan fingerprint density at radius 2 is 1.68 bits per heavy atom. The van der Waals surface area contributed by atoms with Gasteiger partial charge in [0.1, 0.15) is 11.8 Å². The summed E-state index contributed by atoms with van der Waals surface area (Å²) in [4.78, 5) is 17.5. The van der Waals surface area contributed by atoms with Crippen molar-refractivity contribution >= 4 is 35.1 Å². The number of hydrogen-bond acceptors (Lipinski definition) is 7. The van der Waals surface area contributed by atoms with Crippen LogP contribution in [0.3, 0.4) is 0 Å². The molecule has 2 N–H and O–H groups in total. The lowest BCUT2D eigenvalue weighted by Gasteiger charge is -2.24. The zero-order valence-corrected chi connectivity index (χ0v) is 21.1. The fourth-order valence-electron chi connectivity index (χ4n) is 4.03. The molecular formula is C27H24ClN5O4. The van der Waals surface area contributed by atoms with Gasteiger partial charge < -0.3 is 19.5 Å². The first-order chi connectivity index (χ1) is 18.0. The topological polar surface area (TPSA) is 99.5 Å². The molecule has 0 spiro atoms. The van der Waals surface area contributed by atoms with Crippen LogP contribution in [0.25, 0.3) is 5.70 Å². The Hall–Kier alpha value is -4.50. The first-order valence-corrected chi connectivity index (χ1v) is 11.8. The molecule has 0 aliphatic carbocycles. The number of halogens is 1. The SMILES string of the molecule is COc1ccc(C2C=C(c3ccc(Cl)cc3)Nc3nc(NC(=O)c4ccc(OC)c(OC)c4)nn32)cc1. The third-order valence-electron chi connectivity index (χ3n) is 5.95. The summed E-state index contributed by atoms with van der Waals surface area (Å²) in [6.45, 7) is 0. The number of aromatic nitrogens is 3. The molecule has 3 aromatic carbocycles. The van der Waals surface area contributed by atoms with E-state index in [1.807, 2.05) is 54.6 Å². The molecule has 0 bridgehead atoms. The lowest BCUT2D eigenvalue weighted by Crippen LogP contribution is -2.20. The molecule has 5 rings (SSSR count). The molecule has 188 valence electrons. The molecule has 2 heterocycles. The Kier molecular flexibility index (Phi) is 6.70. The van der Waals surface area contributed by atoms with Gasteiger partial charge in [-0.2, -0.15) is 4.98 Å². The average Bonchev–Trinajstić information content (AvgIpc) is 3.34. The number of fused-ring (bicyclic) bond motifs is 1. The minimum atomic E-state index is -0.379. The Morgan fingerprint density at radius 3 is 2.35 bits per heavy atom. The second-order valence-corrected chi connectivity index (χ2v) is 8.59. The minimum absolute atomic E-state index is 0.159. The van der Waals surface area contributed by atoms with Crippen molar-refractivity contribution in [3.8, 4) is 17.2 Å². The van der Waals surface area contributed by atoms with Crippen molar-refractivity contribution in [3.63, 3.8) is 0 Å². The van der Waals surface area contributed by atoms with E-state index in [0.29, 0.717) is 28.0 Å². The summed E-state index contributed by atoms with van der Waals surface area (Å²) in [5.41, 5.74) is 3.13. The summed E-state index contributed by atoms with van der Waals surface area (Å²) < 4.78 is 17.6. The highest BCUT2D eigenvalue weighted by Crippen LogP contribution is 2.34. The van der Waals surface area contributed by atoms with Crippen LogP contribution in [-0.2, 0) is 0 Å². The number of benzene rings is 3. The van der Waals surface area contributed by atoms with Gasteiger partial charge in [-0.3, -0.25) is 10.1 Å². The second kappa shape index (κ2) is 10.2. The minimum Gasteiger partial charge on any atom is -0.497 e. The standard InChI is InChI=1S/C27H24ClN5O4/c1-35-20-11-6-17(7-12-20)22-15-21(16-4-9-19(28)10-5-16)29-27-31-26(32-33(22)27)30-25(34)18-8-13-23(36-2)24(14-18)37-3/h4-15,22H,1-3H3,(H2,29,30,31,32,34). The fraction of sp³-hybridized carbons (Fsp3) is 0.148. The number of nitrogens with zero attached hydrogens (tertiary/aromatic N) is 3. The van der Waals surface area contributed by atoms with Gasteiger partial charge in [-0.15, -0.1) is 5.10 Å². The van der Waals surface area contributed by atoms with Crippen molar-refractivity contribution in [2.75, 3.05) is 32.0 Å². The van der Waals surface area contributed by atoms with E-state index in [4.69, 9.17) is 25.8 Å². The predicted molar refractivity (Wildman–Crippen MR) is 142 cm³/mol. The smallest absolute Gasteiger partial charge is 0.258 e. The van der Waals surface area contributed by atoms with Crippen LogP contribution < -0.4 is 24.8 Å². The van der Waals surface area contributed by atoms with Crippen molar-refractivity contribution in [3.05, 3.63) is 94.5 Å². The van der Waals surface area contributed by atoms with E-state index >= 15 is 0 Å². The van der Waals surface area contributed by atoms with E-state index in [2.05, 4.69) is 20.7 Å². The zero-order chi connectivity index (χ0) is 25.9. The Bertz CT molecular complexity index is 1470. The van der Waals surface area contributed by atoms with Crippen LogP contribution in [0, 0.1) is 0 Å². The van der Waals surface area contributed by atoms with Gasteiger partial charge in [0, 0.05) is 16.3 Å². The lowest BCUT2D eigenvalue weighted by atomic mass is 10.0. The highest BCUT2D eigenvalue weighted by Gasteiger charge is 2.26. The summed E-state index contributed by atoms with van der Waals surface area (Å²) >= 11 is 6.09. The van der Waals surface area contributed by atoms with Crippen molar-refractivity contribution < 1.29 is 19.0 Å². The highest BCUT2D eigenvalue weighted by molar-refractivity contribution is 6.30. The van der Waals surface area contributed by atoms with Gasteiger partial charge in [0.25, 0.3) is 11.9 Å². The van der Waals surface area contributed by atoms with Gasteiger partial charge >= 0.3 is 0 Å². The summed E-state index contributed by atoms with van der Waals surface area (Å²) in [5, 5.41) is 11.3. The molecular weight excluding hydrogens is 494 g/mol. The van der Waals surface area contributed by atoms with Gasteiger partial charge in [0.2, 0.25) is 5.95 Å². The average molecular weight is 518 g/mol. The number of anilines is 2. The first-order valence-electron chi connectivity index (χ1n) is 11.4. The van der Waals surface area contributed by atoms with Crippen molar-refractivity contribution in [2.45, 2.75) is 6.04 Å². The summed E-state index contributed by atoms with van der Waals surface area (Å²) in [6.07, 6.45) is 2.05. The van der Waals surface area contributed by atoms with Crippen LogP contribution in [0.4, 0.5) is 11.9 Å². The van der Waals surface area contributed by atoms with Crippen LogP contribution in [0.15, 0.2) is 72.8 Å². The van der Waals surface area contributed by atoms with Gasteiger partial charge in [0.05, 0.1) is 21.3 Å². The largest absolute Gasteiger partial charge is 0.497 e. The fourth-order valence-corrected chi connectivity index (χ4v) is 4.16. The van der Waals surface area contributed by atoms with Crippen LogP contribution in [-0.4, -0.2) is 42.0 Å². The maximum atomic E-state index is 13.0. The summed E-state index contributed by atoms with van der Waals surface area (Å²) in [5.74, 6) is 1.99. The van der Waals surface area contributed by atoms with Gasteiger partial charge in [0.15, 0.2) is 11.5 Å². The number of carbonyl (C=O) groups excluding carboxylic acids is 1. The van der Waals surface area contributed by atoms with Gasteiger partial charge in [-0.05, 0) is 59.7 Å². The van der Waals surface area contributed by atoms with E-state index in [1.54, 1.807) is 30.0 Å². The van der Waals surface area contributed by atoms with Crippen LogP contribution >= 0.6 is 11.6 Å². The van der Waals surface area contributed by atoms with Crippen LogP contribution in [0.1, 0.15) is 27.5 Å². The molecule has 1 aliphatic heterocycles. The Balaban J connectivity index is 1.48. The molecule has 10 heteroatoms. The summed E-state index contributed by atoms with van der Waals surface area (Å²) in [6, 6.07) is 19.9. The van der Waals surface area contributed by atoms with Crippen molar-refractivity contribution in [1.82, 2.24) is 14.8 Å². The normalized spacial score (nSPS) is 14.2. The molecule has 1 aliphatic rings.